The average Bonchev–Trinajstić information content (AvgIpc) is 0.973. The minimum absolute atomic E-state index is 0.0239. The van der Waals surface area contributed by atoms with Gasteiger partial charge in [-0.15, -0.1) is 0 Å². The van der Waals surface area contributed by atoms with E-state index in [-0.39, 0.29) is 98.0 Å². The number of nitrogens with one attached hydrogen (secondary N) is 4. The van der Waals surface area contributed by atoms with Crippen molar-refractivity contribution in [3.63, 3.8) is 0 Å². The van der Waals surface area contributed by atoms with Gasteiger partial charge in [0.2, 0.25) is 0 Å². The zero-order valence-corrected chi connectivity index (χ0v) is 62.7. The second-order valence-electron chi connectivity index (χ2n) is 28.6. The van der Waals surface area contributed by atoms with Crippen LogP contribution in [0.2, 0.25) is 0 Å². The van der Waals surface area contributed by atoms with E-state index in [1.807, 2.05) is 0 Å². The smallest absolute Gasteiger partial charge is 0.416 e. The Hall–Kier alpha value is -10.8. The molecule has 3 heterocycles. The van der Waals surface area contributed by atoms with Gasteiger partial charge in [-0.05, 0) is 134 Å². The maximum absolute atomic E-state index is 15.2. The second kappa shape index (κ2) is 37.1. The molecule has 1 fully saturated rings. The summed E-state index contributed by atoms with van der Waals surface area (Å²) in [5, 5.41) is 18.7. The van der Waals surface area contributed by atoms with Crippen LogP contribution < -0.4 is 21.3 Å². The summed E-state index contributed by atoms with van der Waals surface area (Å²) in [6, 6.07) is 14.2. The summed E-state index contributed by atoms with van der Waals surface area (Å²) in [5.74, 6) is -8.72. The third-order valence-electron chi connectivity index (χ3n) is 17.8. The van der Waals surface area contributed by atoms with Crippen molar-refractivity contribution in [2.75, 3.05) is 49.5 Å². The lowest BCUT2D eigenvalue weighted by atomic mass is 9.99. The molecular formula is C76H94F6N12O14. The number of carbonyl (C=O) groups excluding carboxylic acids is 10. The van der Waals surface area contributed by atoms with Crippen molar-refractivity contribution in [2.24, 2.45) is 23.7 Å². The van der Waals surface area contributed by atoms with Crippen molar-refractivity contribution >= 4 is 82.3 Å². The van der Waals surface area contributed by atoms with Gasteiger partial charge in [-0.2, -0.15) is 36.5 Å². The molecule has 584 valence electrons. The lowest BCUT2D eigenvalue weighted by molar-refractivity contribution is -0.176. The van der Waals surface area contributed by atoms with Crippen LogP contribution >= 0.6 is 0 Å². The normalized spacial score (nSPS) is 20.4. The highest BCUT2D eigenvalue weighted by Gasteiger charge is 2.44. The molecule has 0 spiro atoms. The summed E-state index contributed by atoms with van der Waals surface area (Å²) < 4.78 is 106. The molecule has 0 unspecified atom stereocenters. The molecular weight excluding hydrogens is 1420 g/mol. The van der Waals surface area contributed by atoms with Crippen molar-refractivity contribution in [1.29, 1.82) is 0 Å². The van der Waals surface area contributed by atoms with E-state index >= 15 is 9.59 Å². The maximum Gasteiger partial charge on any atom is 0.416 e. The molecule has 32 heteroatoms. The van der Waals surface area contributed by atoms with E-state index in [0.717, 1.165) is 68.1 Å². The Morgan fingerprint density at radius 2 is 0.648 bits per heavy atom. The molecule has 1 aliphatic rings. The fourth-order valence-corrected chi connectivity index (χ4v) is 11.9. The van der Waals surface area contributed by atoms with Gasteiger partial charge in [-0.1, -0.05) is 104 Å². The van der Waals surface area contributed by atoms with Crippen LogP contribution in [0.15, 0.2) is 122 Å². The minimum Gasteiger partial charge on any atom is -0.451 e. The van der Waals surface area contributed by atoms with Crippen molar-refractivity contribution in [3.8, 4) is 0 Å². The molecule has 0 aliphatic carbocycles. The first kappa shape index (κ1) is 84.4. The largest absolute Gasteiger partial charge is 0.451 e. The number of ether oxygens (including phenoxy) is 4. The van der Waals surface area contributed by atoms with Crippen LogP contribution in [0.4, 0.5) is 58.7 Å². The molecule has 6 aromatic rings. The van der Waals surface area contributed by atoms with Crippen LogP contribution in [-0.2, 0) is 95.6 Å². The third-order valence-corrected chi connectivity index (χ3v) is 17.8. The standard InChI is InChI=1S/C76H94F6N12O14/c1-43(2)31-59-69(99)105-47(9)65(95)89(11)62(34-46(7)8)72(102)108-64(36-50-17-21-52(22-18-50)40-94-42-58(38-84-94)88-74(104)86-56-29-25-54(26-30-56)76(80,81)82)68(98)92(14)60(32-44(3)4)70(100)106-48(10)66(96)90(12)61(33-45(5)6)71(101)107-63(67(97)91(59)13)35-49-15-19-51(20-16-49)39-93-41-57(37-83-93)87-73(103)85-55-27-23-53(24-28-55)75(77,78)79/h15-30,37-38,41-48,59-64H,31-36,39-40H2,1-14H3,(H2,85,87,103)(H2,86,88,104)/t47-,48-,59+,60+,61+,62+,63-,64-/m1/s1. The predicted octanol–water partition coefficient (Wildman–Crippen LogP) is 11.5. The number of urea groups is 2. The van der Waals surface area contributed by atoms with E-state index in [1.54, 1.807) is 104 Å². The Balaban J connectivity index is 1.15. The second-order valence-corrected chi connectivity index (χ2v) is 28.6. The molecule has 0 saturated carbocycles. The number of likely N-dealkylation sites (N-methyl/N-ethyl adjacent to an activating group) is 4. The minimum atomic E-state index is -4.56. The fraction of sp³-hybridized carbons (Fsp3) is 0.474. The molecule has 4 N–H and O–H groups in total. The number of esters is 4. The van der Waals surface area contributed by atoms with Crippen LogP contribution in [0, 0.1) is 23.7 Å². The first-order chi connectivity index (χ1) is 50.6. The molecule has 4 aromatic carbocycles. The molecule has 108 heavy (non-hydrogen) atoms. The van der Waals surface area contributed by atoms with Gasteiger partial charge in [0, 0.05) is 64.8 Å². The highest BCUT2D eigenvalue weighted by atomic mass is 19.4. The van der Waals surface area contributed by atoms with E-state index < -0.39 is 132 Å². The molecule has 2 aromatic heterocycles. The number of amides is 8. The van der Waals surface area contributed by atoms with Crippen LogP contribution in [-0.4, -0.2) is 176 Å². The molecule has 1 saturated heterocycles. The quantitative estimate of drug-likeness (QED) is 0.0314. The van der Waals surface area contributed by atoms with E-state index in [9.17, 15) is 64.7 Å². The topological polar surface area (TPSA) is 304 Å². The summed E-state index contributed by atoms with van der Waals surface area (Å²) >= 11 is 0. The Morgan fingerprint density at radius 3 is 0.926 bits per heavy atom. The molecule has 26 nitrogen and oxygen atoms in total. The number of anilines is 4. The van der Waals surface area contributed by atoms with Crippen LogP contribution in [0.25, 0.3) is 0 Å². The predicted molar refractivity (Wildman–Crippen MR) is 386 cm³/mol. The summed E-state index contributed by atoms with van der Waals surface area (Å²) in [4.78, 5) is 149. The molecule has 1 aliphatic heterocycles. The molecule has 8 amide bonds. The van der Waals surface area contributed by atoms with Crippen molar-refractivity contribution in [1.82, 2.24) is 39.2 Å². The van der Waals surface area contributed by atoms with Crippen molar-refractivity contribution in [3.05, 3.63) is 155 Å². The van der Waals surface area contributed by atoms with Gasteiger partial charge in [-0.25, -0.2) is 28.8 Å². The summed E-state index contributed by atoms with van der Waals surface area (Å²) in [6.45, 7) is 17.2. The summed E-state index contributed by atoms with van der Waals surface area (Å²) in [6.07, 6.45) is -10.6. The van der Waals surface area contributed by atoms with Gasteiger partial charge in [0.1, 0.15) is 24.2 Å². The SMILES string of the molecule is CC(C)C[C@H]1C(=O)O[C@H](Cc2ccc(Cn3cc(NC(=O)Nc4ccc(C(F)(F)F)cc4)cn3)cc2)C(=O)N(C)[C@@H](CC(C)C)C(=O)O[C@H](C)C(=O)N(C)[C@@H](CC(C)C)C(=O)O[C@H](Cc2ccc(Cn3cc(NC(=O)Nc4ccc(C(F)(F)F)cc4)cn3)cc2)C(=O)N(C)[C@@H](CC(C)C)C(=O)O[C@H](C)C(=O)N1C. The number of rotatable bonds is 20. The van der Waals surface area contributed by atoms with Gasteiger partial charge in [0.05, 0.1) is 48.0 Å². The number of benzene rings is 4. The van der Waals surface area contributed by atoms with E-state index in [4.69, 9.17) is 18.9 Å². The van der Waals surface area contributed by atoms with Crippen molar-refractivity contribution in [2.45, 2.75) is 182 Å². The van der Waals surface area contributed by atoms with Gasteiger partial charge < -0.3 is 59.8 Å². The number of hydrogen-bond acceptors (Lipinski definition) is 16. The highest BCUT2D eigenvalue weighted by molar-refractivity contribution is 6.00. The Kier molecular flexibility index (Phi) is 29.0. The Labute approximate surface area is 622 Å². The monoisotopic (exact) mass is 1510 g/mol. The number of aromatic nitrogens is 4. The lowest BCUT2D eigenvalue weighted by Crippen LogP contribution is -2.55. The Morgan fingerprint density at radius 1 is 0.389 bits per heavy atom. The van der Waals surface area contributed by atoms with Crippen molar-refractivity contribution < 1.29 is 93.2 Å². The summed E-state index contributed by atoms with van der Waals surface area (Å²) in [7, 11) is 5.26. The first-order valence-corrected chi connectivity index (χ1v) is 35.2. The lowest BCUT2D eigenvalue weighted by Gasteiger charge is -2.35. The zero-order valence-electron chi connectivity index (χ0n) is 62.7. The number of carbonyl (C=O) groups is 10. The number of alkyl halides is 6. The summed E-state index contributed by atoms with van der Waals surface area (Å²) in [5.41, 5.74) is 1.27. The van der Waals surface area contributed by atoms with Crippen LogP contribution in [0.1, 0.15) is 128 Å². The van der Waals surface area contributed by atoms with Crippen LogP contribution in [0.3, 0.4) is 0 Å². The third kappa shape index (κ3) is 24.1. The zero-order chi connectivity index (χ0) is 79.8. The maximum atomic E-state index is 15.2. The average molecular weight is 1510 g/mol. The number of hydrogen-bond donors (Lipinski definition) is 4. The number of cyclic esters (lactones) is 4. The molecule has 8 atom stereocenters. The van der Waals surface area contributed by atoms with E-state index in [2.05, 4.69) is 31.5 Å². The van der Waals surface area contributed by atoms with Gasteiger partial charge in [0.15, 0.2) is 24.4 Å². The number of halogens is 6. The van der Waals surface area contributed by atoms with Crippen LogP contribution in [0.5, 0.6) is 0 Å². The van der Waals surface area contributed by atoms with E-state index in [1.165, 1.54) is 76.2 Å². The first-order valence-electron chi connectivity index (χ1n) is 35.2. The highest BCUT2D eigenvalue weighted by Crippen LogP contribution is 2.32. The molecule has 0 radical (unpaired) electrons. The molecule has 7 rings (SSSR count). The molecule has 0 bridgehead atoms. The van der Waals surface area contributed by atoms with Gasteiger partial charge in [-0.3, -0.25) is 28.5 Å². The van der Waals surface area contributed by atoms with E-state index in [0.29, 0.717) is 22.3 Å². The van der Waals surface area contributed by atoms with Gasteiger partial charge in [0.25, 0.3) is 23.6 Å². The fourth-order valence-electron chi connectivity index (χ4n) is 11.9. The Bertz CT molecular complexity index is 3830. The van der Waals surface area contributed by atoms with Gasteiger partial charge >= 0.3 is 48.3 Å². The number of nitrogens with zero attached hydrogens (tertiary/aromatic N) is 8.